The minimum absolute atomic E-state index is 0.327. The molecular weight excluding hydrogens is 422 g/mol. The molecule has 1 N–H and O–H groups in total. The summed E-state index contributed by atoms with van der Waals surface area (Å²) in [5.41, 5.74) is 4.84. The van der Waals surface area contributed by atoms with Gasteiger partial charge in [-0.05, 0) is 49.4 Å². The molecule has 1 amide bonds. The molecule has 0 bridgehead atoms. The van der Waals surface area contributed by atoms with Gasteiger partial charge in [0, 0.05) is 22.4 Å². The topological polar surface area (TPSA) is 80.6 Å². The SMILES string of the molecule is Cc1ccc(C(=O)Oc2ccc(Br)cc2/C=N\NC(=O)c2cccnc2)cc1. The third-order valence-corrected chi connectivity index (χ3v) is 4.25. The molecule has 1 aromatic heterocycles. The van der Waals surface area contributed by atoms with Crippen LogP contribution in [0, 0.1) is 6.92 Å². The van der Waals surface area contributed by atoms with Crippen LogP contribution in [0.3, 0.4) is 0 Å². The fraction of sp³-hybridized carbons (Fsp3) is 0.0476. The number of hydrazone groups is 1. The van der Waals surface area contributed by atoms with Crippen molar-refractivity contribution in [1.82, 2.24) is 10.4 Å². The van der Waals surface area contributed by atoms with Gasteiger partial charge in [-0.2, -0.15) is 5.10 Å². The molecule has 0 radical (unpaired) electrons. The number of rotatable bonds is 5. The first kappa shape index (κ1) is 19.4. The number of benzene rings is 2. The van der Waals surface area contributed by atoms with E-state index < -0.39 is 11.9 Å². The van der Waals surface area contributed by atoms with Crippen LogP contribution in [0.15, 0.2) is 76.6 Å². The Morgan fingerprint density at radius 2 is 1.89 bits per heavy atom. The highest BCUT2D eigenvalue weighted by Crippen LogP contribution is 2.23. The number of ether oxygens (including phenoxy) is 1. The smallest absolute Gasteiger partial charge is 0.343 e. The van der Waals surface area contributed by atoms with Crippen LogP contribution in [-0.2, 0) is 0 Å². The molecule has 0 spiro atoms. The first-order valence-corrected chi connectivity index (χ1v) is 9.14. The van der Waals surface area contributed by atoms with Crippen LogP contribution >= 0.6 is 15.9 Å². The van der Waals surface area contributed by atoms with Crippen molar-refractivity contribution in [3.63, 3.8) is 0 Å². The second-order valence-electron chi connectivity index (χ2n) is 5.88. The van der Waals surface area contributed by atoms with E-state index in [1.165, 1.54) is 12.4 Å². The van der Waals surface area contributed by atoms with Crippen LogP contribution in [-0.4, -0.2) is 23.1 Å². The number of hydrogen-bond acceptors (Lipinski definition) is 5. The Bertz CT molecular complexity index is 1020. The summed E-state index contributed by atoms with van der Waals surface area (Å²) < 4.78 is 6.28. The number of aryl methyl sites for hydroxylation is 1. The van der Waals surface area contributed by atoms with E-state index in [9.17, 15) is 9.59 Å². The highest BCUT2D eigenvalue weighted by Gasteiger charge is 2.11. The van der Waals surface area contributed by atoms with E-state index in [1.54, 1.807) is 48.7 Å². The number of amides is 1. The Morgan fingerprint density at radius 3 is 2.61 bits per heavy atom. The fourth-order valence-electron chi connectivity index (χ4n) is 2.28. The van der Waals surface area contributed by atoms with Gasteiger partial charge in [-0.25, -0.2) is 10.2 Å². The Hall–Kier alpha value is -3.32. The highest BCUT2D eigenvalue weighted by molar-refractivity contribution is 9.10. The predicted octanol–water partition coefficient (Wildman–Crippen LogP) is 4.14. The number of esters is 1. The number of nitrogens with zero attached hydrogens (tertiary/aromatic N) is 2. The summed E-state index contributed by atoms with van der Waals surface area (Å²) in [5.74, 6) is -0.540. The Balaban J connectivity index is 1.74. The lowest BCUT2D eigenvalue weighted by Crippen LogP contribution is -2.17. The second kappa shape index (κ2) is 9.05. The van der Waals surface area contributed by atoms with Gasteiger partial charge in [-0.15, -0.1) is 0 Å². The Labute approximate surface area is 170 Å². The van der Waals surface area contributed by atoms with Gasteiger partial charge in [-0.3, -0.25) is 9.78 Å². The van der Waals surface area contributed by atoms with E-state index in [4.69, 9.17) is 4.74 Å². The molecule has 0 aliphatic carbocycles. The molecule has 3 rings (SSSR count). The lowest BCUT2D eigenvalue weighted by atomic mass is 10.1. The average Bonchev–Trinajstić information content (AvgIpc) is 2.71. The number of carbonyl (C=O) groups excluding carboxylic acids is 2. The molecule has 0 atom stereocenters. The molecule has 1 heterocycles. The Morgan fingerprint density at radius 1 is 1.11 bits per heavy atom. The first-order valence-electron chi connectivity index (χ1n) is 8.35. The summed E-state index contributed by atoms with van der Waals surface area (Å²) in [6.07, 6.45) is 4.44. The van der Waals surface area contributed by atoms with Crippen molar-refractivity contribution in [2.24, 2.45) is 5.10 Å². The van der Waals surface area contributed by atoms with Gasteiger partial charge < -0.3 is 4.74 Å². The summed E-state index contributed by atoms with van der Waals surface area (Å²) >= 11 is 3.38. The van der Waals surface area contributed by atoms with Crippen LogP contribution < -0.4 is 10.2 Å². The van der Waals surface area contributed by atoms with E-state index in [1.807, 2.05) is 19.1 Å². The largest absolute Gasteiger partial charge is 0.422 e. The normalized spacial score (nSPS) is 10.6. The number of hydrogen-bond donors (Lipinski definition) is 1. The zero-order valence-electron chi connectivity index (χ0n) is 14.9. The third kappa shape index (κ3) is 5.11. The number of nitrogens with one attached hydrogen (secondary N) is 1. The highest BCUT2D eigenvalue weighted by atomic mass is 79.9. The molecule has 3 aromatic rings. The van der Waals surface area contributed by atoms with Gasteiger partial charge in [0.25, 0.3) is 5.91 Å². The summed E-state index contributed by atoms with van der Waals surface area (Å²) in [6, 6.07) is 15.5. The summed E-state index contributed by atoms with van der Waals surface area (Å²) in [4.78, 5) is 28.3. The third-order valence-electron chi connectivity index (χ3n) is 3.76. The van der Waals surface area contributed by atoms with Crippen molar-refractivity contribution in [3.8, 4) is 5.75 Å². The molecule has 0 aliphatic heterocycles. The number of aromatic nitrogens is 1. The quantitative estimate of drug-likeness (QED) is 0.281. The van der Waals surface area contributed by atoms with Gasteiger partial charge in [0.15, 0.2) is 0 Å². The number of halogens is 1. The lowest BCUT2D eigenvalue weighted by molar-refractivity contribution is 0.0734. The van der Waals surface area contributed by atoms with Crippen molar-refractivity contribution in [3.05, 3.63) is 93.7 Å². The average molecular weight is 438 g/mol. The molecule has 2 aromatic carbocycles. The molecule has 7 heteroatoms. The molecule has 140 valence electrons. The number of carbonyl (C=O) groups is 2. The van der Waals surface area contributed by atoms with Gasteiger partial charge >= 0.3 is 5.97 Å². The summed E-state index contributed by atoms with van der Waals surface area (Å²) in [6.45, 7) is 1.94. The minimum Gasteiger partial charge on any atom is -0.422 e. The van der Waals surface area contributed by atoms with Crippen molar-refractivity contribution in [2.45, 2.75) is 6.92 Å². The maximum absolute atomic E-state index is 12.4. The molecule has 0 fully saturated rings. The standard InChI is InChI=1S/C21H16BrN3O3/c1-14-4-6-15(7-5-14)21(27)28-19-9-8-18(22)11-17(19)13-24-25-20(26)16-3-2-10-23-12-16/h2-13H,1H3,(H,25,26)/b24-13-. The Kier molecular flexibility index (Phi) is 6.29. The van der Waals surface area contributed by atoms with E-state index >= 15 is 0 Å². The maximum Gasteiger partial charge on any atom is 0.343 e. The minimum atomic E-state index is -0.476. The van der Waals surface area contributed by atoms with E-state index in [2.05, 4.69) is 31.4 Å². The molecule has 6 nitrogen and oxygen atoms in total. The zero-order valence-corrected chi connectivity index (χ0v) is 16.5. The predicted molar refractivity (Wildman–Crippen MR) is 110 cm³/mol. The van der Waals surface area contributed by atoms with Gasteiger partial charge in [0.1, 0.15) is 5.75 Å². The number of pyridine rings is 1. The molecule has 28 heavy (non-hydrogen) atoms. The molecular formula is C21H16BrN3O3. The van der Waals surface area contributed by atoms with Crippen molar-refractivity contribution in [2.75, 3.05) is 0 Å². The van der Waals surface area contributed by atoms with Crippen molar-refractivity contribution < 1.29 is 14.3 Å². The molecule has 0 aliphatic rings. The summed E-state index contributed by atoms with van der Waals surface area (Å²) in [5, 5.41) is 3.95. The van der Waals surface area contributed by atoms with Crippen molar-refractivity contribution >= 4 is 34.0 Å². The van der Waals surface area contributed by atoms with Crippen molar-refractivity contribution in [1.29, 1.82) is 0 Å². The molecule has 0 unspecified atom stereocenters. The first-order chi connectivity index (χ1) is 13.5. The zero-order chi connectivity index (χ0) is 19.9. The fourth-order valence-corrected chi connectivity index (χ4v) is 2.66. The van der Waals surface area contributed by atoms with Gasteiger partial charge in [-0.1, -0.05) is 33.6 Å². The lowest BCUT2D eigenvalue weighted by Gasteiger charge is -2.08. The molecule has 0 saturated heterocycles. The van der Waals surface area contributed by atoms with E-state index in [-0.39, 0.29) is 0 Å². The van der Waals surface area contributed by atoms with E-state index in [0.29, 0.717) is 22.4 Å². The maximum atomic E-state index is 12.4. The van der Waals surface area contributed by atoms with Crippen LogP contribution in [0.1, 0.15) is 31.8 Å². The van der Waals surface area contributed by atoms with Gasteiger partial charge in [0.05, 0.1) is 17.3 Å². The monoisotopic (exact) mass is 437 g/mol. The van der Waals surface area contributed by atoms with Crippen LogP contribution in [0.25, 0.3) is 0 Å². The van der Waals surface area contributed by atoms with Gasteiger partial charge in [0.2, 0.25) is 0 Å². The van der Waals surface area contributed by atoms with Crippen LogP contribution in [0.2, 0.25) is 0 Å². The second-order valence-corrected chi connectivity index (χ2v) is 6.79. The molecule has 0 saturated carbocycles. The van der Waals surface area contributed by atoms with Crippen LogP contribution in [0.5, 0.6) is 5.75 Å². The van der Waals surface area contributed by atoms with E-state index in [0.717, 1.165) is 10.0 Å². The van der Waals surface area contributed by atoms with Crippen LogP contribution in [0.4, 0.5) is 0 Å². The summed E-state index contributed by atoms with van der Waals surface area (Å²) in [7, 11) is 0.